The molecule has 1 amide bonds. The van der Waals surface area contributed by atoms with Crippen LogP contribution in [0.1, 0.15) is 39.2 Å². The van der Waals surface area contributed by atoms with Crippen LogP contribution in [0.5, 0.6) is 0 Å². The van der Waals surface area contributed by atoms with E-state index in [1.807, 2.05) is 32.9 Å². The molecule has 3 heterocycles. The third kappa shape index (κ3) is 4.37. The molecular formula is C19H26N2O4. The third-order valence-electron chi connectivity index (χ3n) is 4.71. The number of ether oxygens (including phenoxy) is 2. The van der Waals surface area contributed by atoms with Crippen LogP contribution in [0.15, 0.2) is 24.5 Å². The molecule has 0 saturated carbocycles. The lowest BCUT2D eigenvalue weighted by atomic mass is 9.81. The fraction of sp³-hybridized carbons (Fsp3) is 0.632. The molecule has 0 aliphatic carbocycles. The second-order valence-electron chi connectivity index (χ2n) is 7.90. The van der Waals surface area contributed by atoms with Crippen molar-refractivity contribution in [3.8, 4) is 0 Å². The molecule has 0 N–H and O–H groups in total. The molecule has 2 saturated heterocycles. The van der Waals surface area contributed by atoms with Gasteiger partial charge in [0.1, 0.15) is 11.4 Å². The fourth-order valence-electron chi connectivity index (χ4n) is 3.64. The zero-order valence-electron chi connectivity index (χ0n) is 15.1. The van der Waals surface area contributed by atoms with Crippen molar-refractivity contribution in [2.24, 2.45) is 5.92 Å². The van der Waals surface area contributed by atoms with Gasteiger partial charge >= 0.3 is 6.09 Å². The monoisotopic (exact) mass is 346 g/mol. The summed E-state index contributed by atoms with van der Waals surface area (Å²) in [6, 6.07) is 3.57. The van der Waals surface area contributed by atoms with E-state index >= 15 is 0 Å². The van der Waals surface area contributed by atoms with Gasteiger partial charge in [-0.1, -0.05) is 0 Å². The summed E-state index contributed by atoms with van der Waals surface area (Å²) in [4.78, 5) is 31.0. The molecule has 136 valence electrons. The van der Waals surface area contributed by atoms with Crippen LogP contribution in [0.2, 0.25) is 0 Å². The molecule has 2 aliphatic rings. The van der Waals surface area contributed by atoms with Crippen LogP contribution in [0, 0.1) is 5.92 Å². The van der Waals surface area contributed by atoms with Gasteiger partial charge in [0.25, 0.3) is 0 Å². The molecule has 2 aliphatic heterocycles. The smallest absolute Gasteiger partial charge is 0.410 e. The number of nitrogens with zero attached hydrogens (tertiary/aromatic N) is 2. The van der Waals surface area contributed by atoms with Crippen molar-refractivity contribution in [1.82, 2.24) is 9.88 Å². The largest absolute Gasteiger partial charge is 0.444 e. The van der Waals surface area contributed by atoms with Gasteiger partial charge in [-0.25, -0.2) is 4.79 Å². The van der Waals surface area contributed by atoms with E-state index < -0.39 is 5.60 Å². The van der Waals surface area contributed by atoms with Gasteiger partial charge in [0.2, 0.25) is 0 Å². The van der Waals surface area contributed by atoms with Gasteiger partial charge in [0.15, 0.2) is 0 Å². The van der Waals surface area contributed by atoms with E-state index in [0.717, 1.165) is 5.56 Å². The summed E-state index contributed by atoms with van der Waals surface area (Å²) >= 11 is 0. The van der Waals surface area contributed by atoms with Crippen molar-refractivity contribution >= 4 is 11.9 Å². The van der Waals surface area contributed by atoms with Gasteiger partial charge in [-0.3, -0.25) is 14.7 Å². The first-order valence-electron chi connectivity index (χ1n) is 8.84. The highest BCUT2D eigenvalue weighted by molar-refractivity contribution is 5.83. The van der Waals surface area contributed by atoms with Gasteiger partial charge in [-0.2, -0.15) is 0 Å². The molecule has 2 unspecified atom stereocenters. The Morgan fingerprint density at radius 1 is 1.20 bits per heavy atom. The standard InChI is InChI=1S/C19H26N2O4/c1-19(2,3)25-18(23)21-15-9-14(10-16(21)12-24-11-15)17(22)8-13-4-6-20-7-5-13/h4-7,14-16H,8-12H2,1-3H3. The van der Waals surface area contributed by atoms with Crippen molar-refractivity contribution in [1.29, 1.82) is 0 Å². The highest BCUT2D eigenvalue weighted by Crippen LogP contribution is 2.33. The van der Waals surface area contributed by atoms with Gasteiger partial charge in [0.05, 0.1) is 25.3 Å². The Balaban J connectivity index is 1.66. The van der Waals surface area contributed by atoms with Crippen LogP contribution < -0.4 is 0 Å². The first-order chi connectivity index (χ1) is 11.8. The van der Waals surface area contributed by atoms with Gasteiger partial charge in [0, 0.05) is 24.7 Å². The van der Waals surface area contributed by atoms with Crippen molar-refractivity contribution in [3.63, 3.8) is 0 Å². The Morgan fingerprint density at radius 3 is 2.36 bits per heavy atom. The van der Waals surface area contributed by atoms with Gasteiger partial charge in [-0.05, 0) is 51.3 Å². The Labute approximate surface area is 148 Å². The minimum atomic E-state index is -0.528. The van der Waals surface area contributed by atoms with E-state index in [-0.39, 0.29) is 29.9 Å². The number of pyridine rings is 1. The molecule has 6 heteroatoms. The van der Waals surface area contributed by atoms with E-state index in [1.165, 1.54) is 0 Å². The molecule has 0 spiro atoms. The van der Waals surface area contributed by atoms with E-state index in [4.69, 9.17) is 9.47 Å². The molecular weight excluding hydrogens is 320 g/mol. The first kappa shape index (κ1) is 17.9. The van der Waals surface area contributed by atoms with Gasteiger partial charge in [-0.15, -0.1) is 0 Å². The second kappa shape index (κ2) is 7.12. The summed E-state index contributed by atoms with van der Waals surface area (Å²) in [7, 11) is 0. The van der Waals surface area contributed by atoms with Crippen LogP contribution in [0.25, 0.3) is 0 Å². The van der Waals surface area contributed by atoms with E-state index in [2.05, 4.69) is 4.98 Å². The predicted octanol–water partition coefficient (Wildman–Crippen LogP) is 2.61. The predicted molar refractivity (Wildman–Crippen MR) is 92.1 cm³/mol. The highest BCUT2D eigenvalue weighted by atomic mass is 16.6. The number of hydrogen-bond acceptors (Lipinski definition) is 5. The number of morpholine rings is 1. The Hall–Kier alpha value is -1.95. The number of hydrogen-bond donors (Lipinski definition) is 0. The lowest BCUT2D eigenvalue weighted by molar-refractivity contribution is -0.131. The lowest BCUT2D eigenvalue weighted by Crippen LogP contribution is -2.60. The zero-order valence-corrected chi connectivity index (χ0v) is 15.1. The number of rotatable bonds is 3. The van der Waals surface area contributed by atoms with Crippen molar-refractivity contribution in [2.75, 3.05) is 13.2 Å². The number of ketones is 1. The maximum atomic E-state index is 12.7. The minimum absolute atomic E-state index is 0.0363. The lowest BCUT2D eigenvalue weighted by Gasteiger charge is -2.47. The van der Waals surface area contributed by atoms with Crippen molar-refractivity contribution in [2.45, 2.75) is 57.7 Å². The molecule has 2 fully saturated rings. The van der Waals surface area contributed by atoms with E-state index in [9.17, 15) is 9.59 Å². The zero-order chi connectivity index (χ0) is 18.0. The molecule has 6 nitrogen and oxygen atoms in total. The summed E-state index contributed by atoms with van der Waals surface area (Å²) < 4.78 is 11.2. The number of carbonyl (C=O) groups is 2. The summed E-state index contributed by atoms with van der Waals surface area (Å²) in [6.07, 6.45) is 4.80. The number of Topliss-reactive ketones (excluding diaryl/α,β-unsaturated/α-hetero) is 1. The topological polar surface area (TPSA) is 68.7 Å². The molecule has 1 aromatic rings. The van der Waals surface area contributed by atoms with Crippen molar-refractivity contribution in [3.05, 3.63) is 30.1 Å². The normalized spacial score (nSPS) is 26.2. The molecule has 2 bridgehead atoms. The Morgan fingerprint density at radius 2 is 1.80 bits per heavy atom. The Kier molecular flexibility index (Phi) is 5.08. The molecule has 25 heavy (non-hydrogen) atoms. The van der Waals surface area contributed by atoms with Crippen LogP contribution in [0.4, 0.5) is 4.79 Å². The average molecular weight is 346 g/mol. The van der Waals surface area contributed by atoms with Crippen LogP contribution in [0.3, 0.4) is 0 Å². The Bertz CT molecular complexity index is 612. The SMILES string of the molecule is CC(C)(C)OC(=O)N1C2COCC1CC(C(=O)Cc1ccncc1)C2. The number of piperidine rings is 1. The van der Waals surface area contributed by atoms with E-state index in [0.29, 0.717) is 32.5 Å². The highest BCUT2D eigenvalue weighted by Gasteiger charge is 2.44. The molecule has 2 atom stereocenters. The molecule has 1 aromatic heterocycles. The van der Waals surface area contributed by atoms with Crippen LogP contribution in [-0.2, 0) is 20.7 Å². The molecule has 0 radical (unpaired) electrons. The minimum Gasteiger partial charge on any atom is -0.444 e. The fourth-order valence-corrected chi connectivity index (χ4v) is 3.64. The summed E-state index contributed by atoms with van der Waals surface area (Å²) in [5.74, 6) is 0.192. The summed E-state index contributed by atoms with van der Waals surface area (Å²) in [5.41, 5.74) is 0.455. The van der Waals surface area contributed by atoms with E-state index in [1.54, 1.807) is 17.3 Å². The second-order valence-corrected chi connectivity index (χ2v) is 7.90. The first-order valence-corrected chi connectivity index (χ1v) is 8.84. The van der Waals surface area contributed by atoms with Crippen LogP contribution >= 0.6 is 0 Å². The van der Waals surface area contributed by atoms with Gasteiger partial charge < -0.3 is 9.47 Å². The average Bonchev–Trinajstić information content (AvgIpc) is 2.52. The quantitative estimate of drug-likeness (QED) is 0.841. The number of fused-ring (bicyclic) bond motifs is 2. The summed E-state index contributed by atoms with van der Waals surface area (Å²) in [6.45, 7) is 6.52. The maximum Gasteiger partial charge on any atom is 0.410 e. The van der Waals surface area contributed by atoms with Crippen LogP contribution in [-0.4, -0.2) is 52.7 Å². The number of carbonyl (C=O) groups excluding carboxylic acids is 2. The number of aromatic nitrogens is 1. The summed E-state index contributed by atoms with van der Waals surface area (Å²) in [5, 5.41) is 0. The van der Waals surface area contributed by atoms with Crippen molar-refractivity contribution < 1.29 is 19.1 Å². The molecule has 3 rings (SSSR count). The number of amides is 1. The molecule has 0 aromatic carbocycles. The maximum absolute atomic E-state index is 12.7. The third-order valence-corrected chi connectivity index (χ3v) is 4.71.